The zero-order valence-electron chi connectivity index (χ0n) is 13.6. The molecular formula is C17H18BrFN2O3S. The molecule has 1 N–H and O–H groups in total. The molecule has 0 unspecified atom stereocenters. The molecular weight excluding hydrogens is 411 g/mol. The Morgan fingerprint density at radius 3 is 2.40 bits per heavy atom. The van der Waals surface area contributed by atoms with Gasteiger partial charge in [0.25, 0.3) is 0 Å². The fraction of sp³-hybridized carbons (Fsp3) is 0.235. The molecule has 1 amide bonds. The average Bonchev–Trinajstić information content (AvgIpc) is 2.54. The number of carbonyl (C=O) groups is 1. The van der Waals surface area contributed by atoms with Crippen molar-refractivity contribution >= 4 is 43.2 Å². The van der Waals surface area contributed by atoms with Gasteiger partial charge in [-0.2, -0.15) is 0 Å². The van der Waals surface area contributed by atoms with Crippen molar-refractivity contribution in [3.05, 3.63) is 58.8 Å². The fourth-order valence-electron chi connectivity index (χ4n) is 2.25. The number of nitrogens with one attached hydrogen (secondary N) is 1. The van der Waals surface area contributed by atoms with Gasteiger partial charge in [-0.3, -0.25) is 9.10 Å². The molecule has 2 aromatic carbocycles. The number of sulfonamides is 1. The zero-order valence-corrected chi connectivity index (χ0v) is 16.0. The van der Waals surface area contributed by atoms with Crippen LogP contribution >= 0.6 is 15.9 Å². The number of para-hydroxylation sites is 1. The Morgan fingerprint density at radius 2 is 1.80 bits per heavy atom. The van der Waals surface area contributed by atoms with E-state index in [0.29, 0.717) is 17.8 Å². The number of hydrogen-bond donors (Lipinski definition) is 1. The second kappa shape index (κ2) is 8.44. The highest BCUT2D eigenvalue weighted by Gasteiger charge is 2.17. The average molecular weight is 429 g/mol. The number of halogens is 2. The maximum absolute atomic E-state index is 13.0. The van der Waals surface area contributed by atoms with Crippen LogP contribution in [-0.2, 0) is 14.8 Å². The quantitative estimate of drug-likeness (QED) is 0.729. The number of hydrogen-bond acceptors (Lipinski definition) is 3. The van der Waals surface area contributed by atoms with E-state index in [1.807, 2.05) is 12.1 Å². The molecule has 0 heterocycles. The highest BCUT2D eigenvalue weighted by atomic mass is 79.9. The van der Waals surface area contributed by atoms with Crippen molar-refractivity contribution in [1.82, 2.24) is 0 Å². The van der Waals surface area contributed by atoms with E-state index < -0.39 is 15.8 Å². The Balaban J connectivity index is 1.96. The first-order chi connectivity index (χ1) is 11.8. The molecule has 134 valence electrons. The maximum atomic E-state index is 13.0. The lowest BCUT2D eigenvalue weighted by atomic mass is 10.2. The first-order valence-corrected chi connectivity index (χ1v) is 10.2. The van der Waals surface area contributed by atoms with E-state index in [4.69, 9.17) is 0 Å². The van der Waals surface area contributed by atoms with Gasteiger partial charge < -0.3 is 5.32 Å². The Morgan fingerprint density at radius 1 is 1.16 bits per heavy atom. The van der Waals surface area contributed by atoms with Crippen molar-refractivity contribution in [1.29, 1.82) is 0 Å². The monoisotopic (exact) mass is 428 g/mol. The largest absolute Gasteiger partial charge is 0.325 e. The molecule has 8 heteroatoms. The van der Waals surface area contributed by atoms with E-state index in [0.717, 1.165) is 15.0 Å². The van der Waals surface area contributed by atoms with Gasteiger partial charge in [0.1, 0.15) is 5.82 Å². The van der Waals surface area contributed by atoms with Crippen molar-refractivity contribution < 1.29 is 17.6 Å². The topological polar surface area (TPSA) is 66.5 Å². The summed E-state index contributed by atoms with van der Waals surface area (Å²) >= 11 is 3.35. The molecule has 2 aromatic rings. The molecule has 0 aliphatic rings. The van der Waals surface area contributed by atoms with E-state index in [1.165, 1.54) is 24.3 Å². The maximum Gasteiger partial charge on any atom is 0.232 e. The first kappa shape index (κ1) is 19.4. The molecule has 0 fully saturated rings. The Kier molecular flexibility index (Phi) is 6.55. The van der Waals surface area contributed by atoms with Gasteiger partial charge in [0, 0.05) is 17.4 Å². The zero-order chi connectivity index (χ0) is 18.4. The molecule has 0 aliphatic carbocycles. The minimum Gasteiger partial charge on any atom is -0.325 e. The summed E-state index contributed by atoms with van der Waals surface area (Å²) in [5.41, 5.74) is 1.03. The summed E-state index contributed by atoms with van der Waals surface area (Å²) in [5, 5.41) is 2.77. The Bertz CT molecular complexity index is 841. The Labute approximate surface area is 155 Å². The summed E-state index contributed by atoms with van der Waals surface area (Å²) in [6.07, 6.45) is 1.58. The molecule has 2 rings (SSSR count). The lowest BCUT2D eigenvalue weighted by Crippen LogP contribution is -2.31. The van der Waals surface area contributed by atoms with E-state index in [9.17, 15) is 17.6 Å². The summed E-state index contributed by atoms with van der Waals surface area (Å²) in [7, 11) is -3.52. The summed E-state index contributed by atoms with van der Waals surface area (Å²) < 4.78 is 38.9. The van der Waals surface area contributed by atoms with Crippen LogP contribution in [0.2, 0.25) is 0 Å². The lowest BCUT2D eigenvalue weighted by molar-refractivity contribution is -0.116. The van der Waals surface area contributed by atoms with E-state index in [1.54, 1.807) is 12.1 Å². The van der Waals surface area contributed by atoms with Gasteiger partial charge in [-0.05, 0) is 58.7 Å². The standard InChI is InChI=1S/C17H18BrFN2O3S/c1-25(23,24)21(14-10-8-13(19)9-11-14)12-4-7-17(22)20-16-6-3-2-5-15(16)18/h2-3,5-6,8-11H,4,7,12H2,1H3,(H,20,22). The minimum absolute atomic E-state index is 0.133. The lowest BCUT2D eigenvalue weighted by Gasteiger charge is -2.22. The van der Waals surface area contributed by atoms with Crippen LogP contribution < -0.4 is 9.62 Å². The number of anilines is 2. The number of nitrogens with zero attached hydrogens (tertiary/aromatic N) is 1. The van der Waals surface area contributed by atoms with Gasteiger partial charge in [0.2, 0.25) is 15.9 Å². The Hall–Kier alpha value is -1.93. The van der Waals surface area contributed by atoms with Crippen LogP contribution in [-0.4, -0.2) is 27.1 Å². The van der Waals surface area contributed by atoms with Gasteiger partial charge in [0.05, 0.1) is 17.6 Å². The molecule has 25 heavy (non-hydrogen) atoms. The highest BCUT2D eigenvalue weighted by Crippen LogP contribution is 2.22. The van der Waals surface area contributed by atoms with Gasteiger partial charge in [-0.25, -0.2) is 12.8 Å². The predicted molar refractivity (Wildman–Crippen MR) is 101 cm³/mol. The van der Waals surface area contributed by atoms with Crippen LogP contribution in [0.1, 0.15) is 12.8 Å². The molecule has 0 spiro atoms. The summed E-state index contributed by atoms with van der Waals surface area (Å²) in [4.78, 5) is 12.0. The van der Waals surface area contributed by atoms with Crippen LogP contribution in [0, 0.1) is 5.82 Å². The number of amides is 1. The third-order valence-electron chi connectivity index (χ3n) is 3.43. The minimum atomic E-state index is -3.52. The number of carbonyl (C=O) groups excluding carboxylic acids is 1. The summed E-state index contributed by atoms with van der Waals surface area (Å²) in [5.74, 6) is -0.649. The van der Waals surface area contributed by atoms with Crippen LogP contribution in [0.5, 0.6) is 0 Å². The van der Waals surface area contributed by atoms with Gasteiger partial charge in [0.15, 0.2) is 0 Å². The molecule has 0 bridgehead atoms. The second-order valence-corrected chi connectivity index (χ2v) is 8.20. The summed E-state index contributed by atoms with van der Waals surface area (Å²) in [6.45, 7) is 0.133. The SMILES string of the molecule is CS(=O)(=O)N(CCCC(=O)Nc1ccccc1Br)c1ccc(F)cc1. The number of rotatable bonds is 7. The first-order valence-electron chi connectivity index (χ1n) is 7.55. The van der Waals surface area contributed by atoms with Crippen LogP contribution in [0.25, 0.3) is 0 Å². The van der Waals surface area contributed by atoms with Crippen molar-refractivity contribution in [3.63, 3.8) is 0 Å². The van der Waals surface area contributed by atoms with Crippen molar-refractivity contribution in [2.45, 2.75) is 12.8 Å². The third kappa shape index (κ3) is 5.82. The summed E-state index contributed by atoms with van der Waals surface area (Å²) in [6, 6.07) is 12.4. The van der Waals surface area contributed by atoms with E-state index in [2.05, 4.69) is 21.2 Å². The molecule has 0 radical (unpaired) electrons. The second-order valence-electron chi connectivity index (χ2n) is 5.44. The molecule has 5 nitrogen and oxygen atoms in total. The molecule has 0 atom stereocenters. The van der Waals surface area contributed by atoms with Crippen LogP contribution in [0.15, 0.2) is 53.0 Å². The van der Waals surface area contributed by atoms with Gasteiger partial charge in [-0.15, -0.1) is 0 Å². The highest BCUT2D eigenvalue weighted by molar-refractivity contribution is 9.10. The van der Waals surface area contributed by atoms with Gasteiger partial charge >= 0.3 is 0 Å². The molecule has 0 aliphatic heterocycles. The number of benzene rings is 2. The van der Waals surface area contributed by atoms with E-state index in [-0.39, 0.29) is 18.9 Å². The van der Waals surface area contributed by atoms with Crippen molar-refractivity contribution in [3.8, 4) is 0 Å². The third-order valence-corrected chi connectivity index (χ3v) is 5.31. The van der Waals surface area contributed by atoms with Gasteiger partial charge in [-0.1, -0.05) is 12.1 Å². The van der Waals surface area contributed by atoms with E-state index >= 15 is 0 Å². The fourth-order valence-corrected chi connectivity index (χ4v) is 3.60. The van der Waals surface area contributed by atoms with Crippen molar-refractivity contribution in [2.75, 3.05) is 22.4 Å². The van der Waals surface area contributed by atoms with Crippen molar-refractivity contribution in [2.24, 2.45) is 0 Å². The normalized spacial score (nSPS) is 11.2. The molecule has 0 aromatic heterocycles. The smallest absolute Gasteiger partial charge is 0.232 e. The van der Waals surface area contributed by atoms with Crippen LogP contribution in [0.4, 0.5) is 15.8 Å². The molecule has 0 saturated carbocycles. The predicted octanol–water partition coefficient (Wildman–Crippen LogP) is 3.77. The van der Waals surface area contributed by atoms with Crippen LogP contribution in [0.3, 0.4) is 0 Å². The molecule has 0 saturated heterocycles.